The van der Waals surface area contributed by atoms with Gasteiger partial charge in [-0.15, -0.1) is 0 Å². The fraction of sp³-hybridized carbons (Fsp3) is 0.500. The van der Waals surface area contributed by atoms with Crippen molar-refractivity contribution in [3.8, 4) is 11.5 Å². The minimum Gasteiger partial charge on any atom is -0.497 e. The fourth-order valence-corrected chi connectivity index (χ4v) is 2.28. The minimum absolute atomic E-state index is 0.00384. The van der Waals surface area contributed by atoms with Crippen LogP contribution in [0.1, 0.15) is 17.2 Å². The summed E-state index contributed by atoms with van der Waals surface area (Å²) >= 11 is 1.73. The number of benzene rings is 1. The molecule has 0 bridgehead atoms. The topological polar surface area (TPSA) is 44.5 Å². The maximum atomic E-state index is 6.13. The van der Waals surface area contributed by atoms with Crippen molar-refractivity contribution < 1.29 is 9.47 Å². The Hall–Kier alpha value is -0.870. The lowest BCUT2D eigenvalue weighted by Gasteiger charge is -2.18. The molecular formula is C12H19NO2S. The predicted molar refractivity (Wildman–Crippen MR) is 69.6 cm³/mol. The first-order valence-electron chi connectivity index (χ1n) is 5.11. The molecule has 0 fully saturated rings. The van der Waals surface area contributed by atoms with Gasteiger partial charge in [0.05, 0.1) is 14.2 Å². The van der Waals surface area contributed by atoms with Crippen molar-refractivity contribution in [3.63, 3.8) is 0 Å². The molecule has 0 radical (unpaired) electrons. The van der Waals surface area contributed by atoms with Crippen LogP contribution in [0.2, 0.25) is 0 Å². The zero-order valence-electron chi connectivity index (χ0n) is 10.2. The van der Waals surface area contributed by atoms with Gasteiger partial charge in [0, 0.05) is 23.4 Å². The van der Waals surface area contributed by atoms with Gasteiger partial charge in [0.1, 0.15) is 11.5 Å². The quantitative estimate of drug-likeness (QED) is 0.859. The van der Waals surface area contributed by atoms with Crippen LogP contribution in [0.15, 0.2) is 12.1 Å². The molecule has 0 heterocycles. The zero-order chi connectivity index (χ0) is 12.1. The van der Waals surface area contributed by atoms with E-state index in [0.717, 1.165) is 28.4 Å². The van der Waals surface area contributed by atoms with Gasteiger partial charge in [-0.1, -0.05) is 0 Å². The molecule has 1 atom stereocenters. The van der Waals surface area contributed by atoms with Crippen molar-refractivity contribution in [2.24, 2.45) is 5.73 Å². The number of nitrogens with two attached hydrogens (primary N) is 1. The summed E-state index contributed by atoms with van der Waals surface area (Å²) in [5.74, 6) is 2.48. The highest BCUT2D eigenvalue weighted by Crippen LogP contribution is 2.33. The van der Waals surface area contributed by atoms with Crippen LogP contribution in [-0.2, 0) is 0 Å². The van der Waals surface area contributed by atoms with Crippen molar-refractivity contribution in [1.82, 2.24) is 0 Å². The van der Waals surface area contributed by atoms with Crippen LogP contribution in [0.5, 0.6) is 11.5 Å². The molecule has 2 N–H and O–H groups in total. The van der Waals surface area contributed by atoms with E-state index < -0.39 is 0 Å². The lowest BCUT2D eigenvalue weighted by Crippen LogP contribution is -2.15. The number of methoxy groups -OCH3 is 2. The van der Waals surface area contributed by atoms with Crippen molar-refractivity contribution in [2.45, 2.75) is 13.0 Å². The van der Waals surface area contributed by atoms with Gasteiger partial charge in [0.2, 0.25) is 0 Å². The summed E-state index contributed by atoms with van der Waals surface area (Å²) in [7, 11) is 3.30. The van der Waals surface area contributed by atoms with Crippen LogP contribution in [0.3, 0.4) is 0 Å². The number of aryl methyl sites for hydroxylation is 1. The van der Waals surface area contributed by atoms with E-state index in [9.17, 15) is 0 Å². The summed E-state index contributed by atoms with van der Waals surface area (Å²) in [6.07, 6.45) is 2.05. The summed E-state index contributed by atoms with van der Waals surface area (Å²) in [6, 6.07) is 3.86. The van der Waals surface area contributed by atoms with Crippen LogP contribution in [-0.4, -0.2) is 26.2 Å². The first-order valence-corrected chi connectivity index (χ1v) is 6.50. The lowest BCUT2D eigenvalue weighted by atomic mass is 10.0. The van der Waals surface area contributed by atoms with Crippen LogP contribution >= 0.6 is 11.8 Å². The van der Waals surface area contributed by atoms with Gasteiger partial charge >= 0.3 is 0 Å². The minimum atomic E-state index is -0.00384. The van der Waals surface area contributed by atoms with Gasteiger partial charge in [-0.3, -0.25) is 0 Å². The number of rotatable bonds is 5. The predicted octanol–water partition coefficient (Wildman–Crippen LogP) is 2.38. The maximum absolute atomic E-state index is 6.13. The first kappa shape index (κ1) is 13.2. The Morgan fingerprint density at radius 2 is 2.00 bits per heavy atom. The van der Waals surface area contributed by atoms with E-state index in [2.05, 4.69) is 0 Å². The van der Waals surface area contributed by atoms with E-state index in [4.69, 9.17) is 15.2 Å². The van der Waals surface area contributed by atoms with E-state index in [-0.39, 0.29) is 6.04 Å². The van der Waals surface area contributed by atoms with Crippen molar-refractivity contribution >= 4 is 11.8 Å². The van der Waals surface area contributed by atoms with E-state index >= 15 is 0 Å². The molecule has 0 aliphatic heterocycles. The Kier molecular flexibility index (Phi) is 4.96. The second kappa shape index (κ2) is 6.01. The fourth-order valence-electron chi connectivity index (χ4n) is 1.76. The van der Waals surface area contributed by atoms with Crippen molar-refractivity contribution in [3.05, 3.63) is 23.3 Å². The van der Waals surface area contributed by atoms with Crippen LogP contribution in [0.25, 0.3) is 0 Å². The highest BCUT2D eigenvalue weighted by atomic mass is 32.2. The monoisotopic (exact) mass is 241 g/mol. The SMILES string of the molecule is COc1cc(C)c(C(N)CSC)c(OC)c1. The molecule has 1 aromatic rings. The van der Waals surface area contributed by atoms with E-state index in [1.165, 1.54) is 0 Å². The Morgan fingerprint density at radius 3 is 2.50 bits per heavy atom. The summed E-state index contributed by atoms with van der Waals surface area (Å²) in [5.41, 5.74) is 8.31. The highest BCUT2D eigenvalue weighted by Gasteiger charge is 2.15. The third-order valence-electron chi connectivity index (χ3n) is 2.50. The van der Waals surface area contributed by atoms with Gasteiger partial charge in [-0.05, 0) is 24.8 Å². The Morgan fingerprint density at radius 1 is 1.31 bits per heavy atom. The van der Waals surface area contributed by atoms with Crippen molar-refractivity contribution in [1.29, 1.82) is 0 Å². The summed E-state index contributed by atoms with van der Waals surface area (Å²) in [5, 5.41) is 0. The smallest absolute Gasteiger partial charge is 0.127 e. The molecule has 0 spiro atoms. The highest BCUT2D eigenvalue weighted by molar-refractivity contribution is 7.98. The van der Waals surface area contributed by atoms with Gasteiger partial charge in [-0.2, -0.15) is 11.8 Å². The largest absolute Gasteiger partial charge is 0.497 e. The van der Waals surface area contributed by atoms with Crippen molar-refractivity contribution in [2.75, 3.05) is 26.2 Å². The van der Waals surface area contributed by atoms with E-state index in [1.807, 2.05) is 25.3 Å². The van der Waals surface area contributed by atoms with Crippen LogP contribution in [0.4, 0.5) is 0 Å². The number of hydrogen-bond donors (Lipinski definition) is 1. The molecule has 1 unspecified atom stereocenters. The molecule has 0 saturated carbocycles. The van der Waals surface area contributed by atoms with E-state index in [0.29, 0.717) is 0 Å². The van der Waals surface area contributed by atoms with Gasteiger partial charge in [0.25, 0.3) is 0 Å². The van der Waals surface area contributed by atoms with E-state index in [1.54, 1.807) is 26.0 Å². The zero-order valence-corrected chi connectivity index (χ0v) is 11.1. The molecule has 1 rings (SSSR count). The lowest BCUT2D eigenvalue weighted by molar-refractivity contribution is 0.388. The number of hydrogen-bond acceptors (Lipinski definition) is 4. The standard InChI is InChI=1S/C12H19NO2S/c1-8-5-9(14-2)6-11(15-3)12(8)10(13)7-16-4/h5-6,10H,7,13H2,1-4H3. The molecule has 0 aliphatic carbocycles. The molecule has 16 heavy (non-hydrogen) atoms. The Labute approximate surface area is 101 Å². The molecule has 1 aromatic carbocycles. The number of thioether (sulfide) groups is 1. The maximum Gasteiger partial charge on any atom is 0.127 e. The Balaban J connectivity index is 3.15. The van der Waals surface area contributed by atoms with Gasteiger partial charge in [-0.25, -0.2) is 0 Å². The average Bonchev–Trinajstić information content (AvgIpc) is 2.27. The normalized spacial score (nSPS) is 12.3. The second-order valence-corrected chi connectivity index (χ2v) is 4.53. The molecule has 0 saturated heterocycles. The number of ether oxygens (including phenoxy) is 2. The third-order valence-corrected chi connectivity index (χ3v) is 3.19. The first-order chi connectivity index (χ1) is 7.63. The molecule has 4 heteroatoms. The van der Waals surface area contributed by atoms with Gasteiger partial charge in [0.15, 0.2) is 0 Å². The summed E-state index contributed by atoms with van der Waals surface area (Å²) in [4.78, 5) is 0. The van der Waals surface area contributed by atoms with Crippen LogP contribution in [0, 0.1) is 6.92 Å². The second-order valence-electron chi connectivity index (χ2n) is 3.62. The summed E-state index contributed by atoms with van der Waals surface area (Å²) < 4.78 is 10.6. The molecule has 90 valence electrons. The molecular weight excluding hydrogens is 222 g/mol. The average molecular weight is 241 g/mol. The molecule has 0 aliphatic rings. The molecule has 0 amide bonds. The summed E-state index contributed by atoms with van der Waals surface area (Å²) in [6.45, 7) is 2.03. The molecule has 3 nitrogen and oxygen atoms in total. The third kappa shape index (κ3) is 2.83. The van der Waals surface area contributed by atoms with Gasteiger partial charge < -0.3 is 15.2 Å². The van der Waals surface area contributed by atoms with Crippen LogP contribution < -0.4 is 15.2 Å². The Bertz CT molecular complexity index is 355. The molecule has 0 aromatic heterocycles.